The molecular weight excluding hydrogens is 735 g/mol. The molecule has 6 aliphatic rings. The van der Waals surface area contributed by atoms with E-state index in [0.717, 1.165) is 35.0 Å². The van der Waals surface area contributed by atoms with Crippen LogP contribution in [0, 0.1) is 23.7 Å². The van der Waals surface area contributed by atoms with Crippen molar-refractivity contribution >= 4 is 17.1 Å². The number of benzene rings is 7. The molecule has 302 valence electrons. The Kier molecular flexibility index (Phi) is 8.32. The van der Waals surface area contributed by atoms with Crippen LogP contribution in [-0.4, -0.2) is 0 Å². The summed E-state index contributed by atoms with van der Waals surface area (Å²) in [5.74, 6) is 3.40. The van der Waals surface area contributed by atoms with E-state index in [-0.39, 0.29) is 16.2 Å². The van der Waals surface area contributed by atoms with Gasteiger partial charge in [-0.25, -0.2) is 0 Å². The lowest BCUT2D eigenvalue weighted by Crippen LogP contribution is -2.55. The number of hydrogen-bond donors (Lipinski definition) is 0. The predicted molar refractivity (Wildman–Crippen MR) is 256 cm³/mol. The summed E-state index contributed by atoms with van der Waals surface area (Å²) < 4.78 is 0. The van der Waals surface area contributed by atoms with Gasteiger partial charge in [-0.1, -0.05) is 155 Å². The Morgan fingerprint density at radius 1 is 0.377 bits per heavy atom. The third-order valence-electron chi connectivity index (χ3n) is 16.6. The molecule has 7 aromatic carbocycles. The summed E-state index contributed by atoms with van der Waals surface area (Å²) in [6.45, 7) is 9.70. The minimum atomic E-state index is 0.134. The Hall–Kier alpha value is -5.66. The molecule has 0 heterocycles. The van der Waals surface area contributed by atoms with E-state index in [1.807, 2.05) is 0 Å². The Balaban J connectivity index is 0.962. The second kappa shape index (κ2) is 13.7. The second-order valence-corrected chi connectivity index (χ2v) is 20.8. The molecule has 7 aromatic rings. The summed E-state index contributed by atoms with van der Waals surface area (Å²) in [6, 6.07) is 62.7. The maximum absolute atomic E-state index is 2.63. The zero-order chi connectivity index (χ0) is 41.1. The molecule has 0 aromatic heterocycles. The van der Waals surface area contributed by atoms with Crippen molar-refractivity contribution in [1.29, 1.82) is 0 Å². The van der Waals surface area contributed by atoms with Gasteiger partial charge >= 0.3 is 0 Å². The Morgan fingerprint density at radius 2 is 0.869 bits per heavy atom. The van der Waals surface area contributed by atoms with Crippen molar-refractivity contribution in [3.05, 3.63) is 186 Å². The SMILES string of the molecule is CC1(C)CCC(C)(C)c2cc(-c3ccccc3N(c3ccc(-c4ccccc4)cc3)c3ccc(-c4ccc5c(c4)C4(c6ccccc6-5)C5CC6CC(C5)CC4C6)cc3)ccc21. The van der Waals surface area contributed by atoms with E-state index in [4.69, 9.17) is 0 Å². The first-order valence-electron chi connectivity index (χ1n) is 23.2. The van der Waals surface area contributed by atoms with Gasteiger partial charge in [0.15, 0.2) is 0 Å². The molecule has 1 heteroatoms. The monoisotopic (exact) mass is 791 g/mol. The molecule has 1 nitrogen and oxygen atoms in total. The molecule has 6 aliphatic carbocycles. The molecule has 1 spiro atoms. The lowest BCUT2D eigenvalue weighted by Gasteiger charge is -2.61. The van der Waals surface area contributed by atoms with Crippen molar-refractivity contribution in [2.24, 2.45) is 23.7 Å². The minimum Gasteiger partial charge on any atom is -0.310 e. The van der Waals surface area contributed by atoms with Crippen LogP contribution in [0.15, 0.2) is 164 Å². The normalized spacial score (nSPS) is 24.6. The Labute approximate surface area is 363 Å². The molecule has 13 rings (SSSR count). The van der Waals surface area contributed by atoms with Crippen LogP contribution in [0.3, 0.4) is 0 Å². The van der Waals surface area contributed by atoms with Crippen LogP contribution < -0.4 is 4.90 Å². The lowest BCUT2D eigenvalue weighted by molar-refractivity contribution is -0.0399. The summed E-state index contributed by atoms with van der Waals surface area (Å²) >= 11 is 0. The van der Waals surface area contributed by atoms with Gasteiger partial charge in [0.05, 0.1) is 5.69 Å². The van der Waals surface area contributed by atoms with Crippen molar-refractivity contribution < 1.29 is 0 Å². The third-order valence-corrected chi connectivity index (χ3v) is 16.6. The Morgan fingerprint density at radius 3 is 1.54 bits per heavy atom. The molecule has 61 heavy (non-hydrogen) atoms. The van der Waals surface area contributed by atoms with Gasteiger partial charge in [0.25, 0.3) is 0 Å². The van der Waals surface area contributed by atoms with E-state index >= 15 is 0 Å². The number of rotatable bonds is 6. The summed E-state index contributed by atoms with van der Waals surface area (Å²) in [5, 5.41) is 0. The molecule has 4 bridgehead atoms. The van der Waals surface area contributed by atoms with Crippen LogP contribution in [0.5, 0.6) is 0 Å². The molecule has 4 fully saturated rings. The summed E-state index contributed by atoms with van der Waals surface area (Å²) in [5.41, 5.74) is 20.8. The number of nitrogens with zero attached hydrogens (tertiary/aromatic N) is 1. The van der Waals surface area contributed by atoms with Crippen LogP contribution in [0.4, 0.5) is 17.1 Å². The summed E-state index contributed by atoms with van der Waals surface area (Å²) in [4.78, 5) is 2.48. The van der Waals surface area contributed by atoms with Crippen LogP contribution in [-0.2, 0) is 16.2 Å². The first-order chi connectivity index (χ1) is 29.7. The van der Waals surface area contributed by atoms with Gasteiger partial charge in [0.2, 0.25) is 0 Å². The van der Waals surface area contributed by atoms with E-state index in [9.17, 15) is 0 Å². The smallest absolute Gasteiger partial charge is 0.0540 e. The van der Waals surface area contributed by atoms with E-state index in [1.54, 1.807) is 11.1 Å². The minimum absolute atomic E-state index is 0.134. The molecular formula is C60H57N. The van der Waals surface area contributed by atoms with E-state index in [1.165, 1.54) is 106 Å². The van der Waals surface area contributed by atoms with E-state index in [2.05, 4.69) is 196 Å². The number of hydrogen-bond acceptors (Lipinski definition) is 1. The predicted octanol–water partition coefficient (Wildman–Crippen LogP) is 16.2. The van der Waals surface area contributed by atoms with E-state index < -0.39 is 0 Å². The van der Waals surface area contributed by atoms with Gasteiger partial charge in [0.1, 0.15) is 0 Å². The molecule has 0 aliphatic heterocycles. The zero-order valence-electron chi connectivity index (χ0n) is 36.3. The van der Waals surface area contributed by atoms with Crippen molar-refractivity contribution in [3.8, 4) is 44.5 Å². The number of fused-ring (bicyclic) bond motifs is 4. The molecule has 0 saturated heterocycles. The number of anilines is 3. The van der Waals surface area contributed by atoms with Gasteiger partial charge in [-0.3, -0.25) is 0 Å². The zero-order valence-corrected chi connectivity index (χ0v) is 36.3. The van der Waals surface area contributed by atoms with Gasteiger partial charge in [-0.2, -0.15) is 0 Å². The molecule has 4 saturated carbocycles. The fourth-order valence-corrected chi connectivity index (χ4v) is 13.7. The van der Waals surface area contributed by atoms with Crippen LogP contribution in [0.2, 0.25) is 0 Å². The largest absolute Gasteiger partial charge is 0.310 e. The maximum atomic E-state index is 2.63. The van der Waals surface area contributed by atoms with Gasteiger partial charge in [0, 0.05) is 22.4 Å². The average molecular weight is 792 g/mol. The Bertz CT molecular complexity index is 2780. The van der Waals surface area contributed by atoms with Crippen LogP contribution in [0.25, 0.3) is 44.5 Å². The van der Waals surface area contributed by atoms with Crippen molar-refractivity contribution in [1.82, 2.24) is 0 Å². The van der Waals surface area contributed by atoms with E-state index in [0.29, 0.717) is 0 Å². The third kappa shape index (κ3) is 5.72. The van der Waals surface area contributed by atoms with Gasteiger partial charge in [-0.15, -0.1) is 0 Å². The molecule has 0 amide bonds. The van der Waals surface area contributed by atoms with Crippen LogP contribution >= 0.6 is 0 Å². The second-order valence-electron chi connectivity index (χ2n) is 20.8. The first kappa shape index (κ1) is 37.1. The highest BCUT2D eigenvalue weighted by molar-refractivity contribution is 5.90. The summed E-state index contributed by atoms with van der Waals surface area (Å²) in [6.07, 6.45) is 9.52. The van der Waals surface area contributed by atoms with Gasteiger partial charge in [-0.05, 0) is 177 Å². The fourth-order valence-electron chi connectivity index (χ4n) is 13.7. The highest BCUT2D eigenvalue weighted by Gasteiger charge is 2.61. The van der Waals surface area contributed by atoms with Crippen molar-refractivity contribution in [3.63, 3.8) is 0 Å². The highest BCUT2D eigenvalue weighted by atomic mass is 15.1. The molecule has 0 radical (unpaired) electrons. The lowest BCUT2D eigenvalue weighted by atomic mass is 9.43. The fraction of sp³-hybridized carbons (Fsp3) is 0.300. The quantitative estimate of drug-likeness (QED) is 0.162. The topological polar surface area (TPSA) is 3.24 Å². The highest BCUT2D eigenvalue weighted by Crippen LogP contribution is 2.69. The standard InChI is InChI=1S/C60H57N/c1-58(2)30-31-59(3,4)56-38-45(23-29-54(56)58)50-14-9-11-17-57(50)61(48-24-18-42(19-25-48)41-12-6-5-7-13-41)49-26-20-43(21-27-49)44-22-28-52-51-15-8-10-16-53(51)60(55(52)37-44)46-33-39-32-40(35-46)36-47(60)34-39/h5-29,37-40,46-47H,30-36H2,1-4H3. The van der Waals surface area contributed by atoms with Crippen molar-refractivity contribution in [2.75, 3.05) is 4.90 Å². The van der Waals surface area contributed by atoms with Crippen molar-refractivity contribution in [2.45, 2.75) is 88.9 Å². The summed E-state index contributed by atoms with van der Waals surface area (Å²) in [7, 11) is 0. The van der Waals surface area contributed by atoms with Gasteiger partial charge < -0.3 is 4.90 Å². The maximum Gasteiger partial charge on any atom is 0.0540 e. The first-order valence-corrected chi connectivity index (χ1v) is 23.2. The van der Waals surface area contributed by atoms with Crippen LogP contribution in [0.1, 0.15) is 94.9 Å². The number of para-hydroxylation sites is 1. The average Bonchev–Trinajstić information content (AvgIpc) is 3.58. The molecule has 0 atom stereocenters. The molecule has 0 unspecified atom stereocenters. The molecule has 0 N–H and O–H groups in total.